The van der Waals surface area contributed by atoms with Gasteiger partial charge in [-0.2, -0.15) is 0 Å². The standard InChI is InChI=1S/C14H13FO3/c15-13-3-1-2-4-14(13)18-10-9-17-12-7-5-11(16)6-8-12/h1-8,16H,9-10H2. The van der Waals surface area contributed by atoms with Gasteiger partial charge >= 0.3 is 0 Å². The minimum atomic E-state index is -0.387. The number of aromatic hydroxyl groups is 1. The number of para-hydroxylation sites is 1. The first kappa shape index (κ1) is 12.2. The topological polar surface area (TPSA) is 38.7 Å². The average Bonchev–Trinajstić information content (AvgIpc) is 2.39. The van der Waals surface area contributed by atoms with Gasteiger partial charge in [0.15, 0.2) is 11.6 Å². The van der Waals surface area contributed by atoms with E-state index in [2.05, 4.69) is 0 Å². The van der Waals surface area contributed by atoms with Gasteiger partial charge in [0.1, 0.15) is 24.7 Å². The van der Waals surface area contributed by atoms with E-state index >= 15 is 0 Å². The molecule has 2 aromatic carbocycles. The maximum atomic E-state index is 13.2. The van der Waals surface area contributed by atoms with Crippen molar-refractivity contribution in [1.29, 1.82) is 0 Å². The molecule has 0 aromatic heterocycles. The Kier molecular flexibility index (Phi) is 4.02. The van der Waals surface area contributed by atoms with Crippen LogP contribution in [0.2, 0.25) is 0 Å². The fourth-order valence-electron chi connectivity index (χ4n) is 1.42. The van der Waals surface area contributed by atoms with Gasteiger partial charge in [-0.15, -0.1) is 0 Å². The van der Waals surface area contributed by atoms with Crippen LogP contribution in [0.25, 0.3) is 0 Å². The average molecular weight is 248 g/mol. The molecule has 0 aliphatic heterocycles. The number of rotatable bonds is 5. The monoisotopic (exact) mass is 248 g/mol. The predicted molar refractivity (Wildman–Crippen MR) is 65.5 cm³/mol. The second-order valence-electron chi connectivity index (χ2n) is 3.62. The lowest BCUT2D eigenvalue weighted by atomic mass is 10.3. The first-order valence-corrected chi connectivity index (χ1v) is 5.55. The summed E-state index contributed by atoms with van der Waals surface area (Å²) in [5.41, 5.74) is 0. The van der Waals surface area contributed by atoms with Gasteiger partial charge in [-0.1, -0.05) is 12.1 Å². The highest BCUT2D eigenvalue weighted by atomic mass is 19.1. The number of phenols is 1. The fourth-order valence-corrected chi connectivity index (χ4v) is 1.42. The molecule has 4 heteroatoms. The molecule has 0 bridgehead atoms. The molecular formula is C14H13FO3. The Morgan fingerprint density at radius 1 is 0.889 bits per heavy atom. The van der Waals surface area contributed by atoms with E-state index in [1.165, 1.54) is 18.2 Å². The summed E-state index contributed by atoms with van der Waals surface area (Å²) in [7, 11) is 0. The zero-order valence-electron chi connectivity index (χ0n) is 9.67. The Labute approximate surface area is 104 Å². The SMILES string of the molecule is Oc1ccc(OCCOc2ccccc2F)cc1. The van der Waals surface area contributed by atoms with E-state index in [0.29, 0.717) is 12.4 Å². The van der Waals surface area contributed by atoms with E-state index in [1.807, 2.05) is 0 Å². The molecule has 3 nitrogen and oxygen atoms in total. The normalized spacial score (nSPS) is 10.1. The predicted octanol–water partition coefficient (Wildman–Crippen LogP) is 2.99. The minimum Gasteiger partial charge on any atom is -0.508 e. The summed E-state index contributed by atoms with van der Waals surface area (Å²) in [5.74, 6) is 0.642. The molecule has 0 aliphatic carbocycles. The number of phenolic OH excluding ortho intramolecular Hbond substituents is 1. The molecule has 0 spiro atoms. The number of hydrogen-bond donors (Lipinski definition) is 1. The fraction of sp³-hybridized carbons (Fsp3) is 0.143. The molecule has 0 saturated carbocycles. The number of benzene rings is 2. The molecular weight excluding hydrogens is 235 g/mol. The number of hydrogen-bond acceptors (Lipinski definition) is 3. The molecule has 0 fully saturated rings. The van der Waals surface area contributed by atoms with Crippen molar-refractivity contribution in [3.05, 3.63) is 54.3 Å². The van der Waals surface area contributed by atoms with Crippen LogP contribution in [0.1, 0.15) is 0 Å². The van der Waals surface area contributed by atoms with Crippen molar-refractivity contribution < 1.29 is 19.0 Å². The summed E-state index contributed by atoms with van der Waals surface area (Å²) in [6, 6.07) is 12.6. The van der Waals surface area contributed by atoms with Gasteiger partial charge in [0.25, 0.3) is 0 Å². The van der Waals surface area contributed by atoms with Gasteiger partial charge < -0.3 is 14.6 Å². The molecule has 1 N–H and O–H groups in total. The Hall–Kier alpha value is -2.23. The van der Waals surface area contributed by atoms with E-state index in [-0.39, 0.29) is 23.9 Å². The molecule has 0 radical (unpaired) electrons. The molecule has 0 saturated heterocycles. The van der Waals surface area contributed by atoms with Gasteiger partial charge in [-0.05, 0) is 36.4 Å². The van der Waals surface area contributed by atoms with Crippen LogP contribution in [0.5, 0.6) is 17.2 Å². The summed E-state index contributed by atoms with van der Waals surface area (Å²) in [6.07, 6.45) is 0. The summed E-state index contributed by atoms with van der Waals surface area (Å²) in [5, 5.41) is 9.09. The molecule has 94 valence electrons. The van der Waals surface area contributed by atoms with Crippen molar-refractivity contribution >= 4 is 0 Å². The van der Waals surface area contributed by atoms with Gasteiger partial charge in [0.05, 0.1) is 0 Å². The summed E-state index contributed by atoms with van der Waals surface area (Å²) < 4.78 is 23.8. The molecule has 2 aromatic rings. The van der Waals surface area contributed by atoms with Crippen LogP contribution < -0.4 is 9.47 Å². The maximum Gasteiger partial charge on any atom is 0.165 e. The lowest BCUT2D eigenvalue weighted by molar-refractivity contribution is 0.211. The molecule has 0 amide bonds. The van der Waals surface area contributed by atoms with Gasteiger partial charge in [-0.3, -0.25) is 0 Å². The highest BCUT2D eigenvalue weighted by molar-refractivity contribution is 5.30. The van der Waals surface area contributed by atoms with Crippen LogP contribution in [0.4, 0.5) is 4.39 Å². The van der Waals surface area contributed by atoms with Crippen LogP contribution in [-0.4, -0.2) is 18.3 Å². The lowest BCUT2D eigenvalue weighted by Crippen LogP contribution is -2.09. The number of halogens is 1. The molecule has 0 unspecified atom stereocenters. The first-order chi connectivity index (χ1) is 8.75. The Balaban J connectivity index is 1.76. The van der Waals surface area contributed by atoms with Gasteiger partial charge in [0.2, 0.25) is 0 Å². The van der Waals surface area contributed by atoms with E-state index < -0.39 is 0 Å². The first-order valence-electron chi connectivity index (χ1n) is 5.55. The molecule has 18 heavy (non-hydrogen) atoms. The van der Waals surface area contributed by atoms with Gasteiger partial charge in [0, 0.05) is 0 Å². The molecule has 0 aliphatic rings. The van der Waals surface area contributed by atoms with Crippen molar-refractivity contribution in [2.75, 3.05) is 13.2 Å². The Morgan fingerprint density at radius 3 is 2.28 bits per heavy atom. The van der Waals surface area contributed by atoms with Crippen LogP contribution in [0.15, 0.2) is 48.5 Å². The highest BCUT2D eigenvalue weighted by Gasteiger charge is 2.01. The van der Waals surface area contributed by atoms with Crippen molar-refractivity contribution in [3.8, 4) is 17.2 Å². The van der Waals surface area contributed by atoms with Crippen LogP contribution in [0, 0.1) is 5.82 Å². The third-order valence-corrected chi connectivity index (χ3v) is 2.28. The second-order valence-corrected chi connectivity index (χ2v) is 3.62. The number of ether oxygens (including phenoxy) is 2. The van der Waals surface area contributed by atoms with Crippen LogP contribution >= 0.6 is 0 Å². The Bertz CT molecular complexity index is 497. The van der Waals surface area contributed by atoms with Crippen molar-refractivity contribution in [3.63, 3.8) is 0 Å². The minimum absolute atomic E-state index is 0.185. The summed E-state index contributed by atoms with van der Waals surface area (Å²) in [6.45, 7) is 0.556. The smallest absolute Gasteiger partial charge is 0.165 e. The zero-order chi connectivity index (χ0) is 12.8. The summed E-state index contributed by atoms with van der Waals surface area (Å²) >= 11 is 0. The Morgan fingerprint density at radius 2 is 1.56 bits per heavy atom. The van der Waals surface area contributed by atoms with E-state index in [1.54, 1.807) is 30.3 Å². The van der Waals surface area contributed by atoms with E-state index in [9.17, 15) is 4.39 Å². The van der Waals surface area contributed by atoms with Gasteiger partial charge in [-0.25, -0.2) is 4.39 Å². The van der Waals surface area contributed by atoms with Crippen LogP contribution in [-0.2, 0) is 0 Å². The van der Waals surface area contributed by atoms with E-state index in [0.717, 1.165) is 0 Å². The molecule has 0 heterocycles. The third kappa shape index (κ3) is 3.38. The highest BCUT2D eigenvalue weighted by Crippen LogP contribution is 2.17. The lowest BCUT2D eigenvalue weighted by Gasteiger charge is -2.08. The van der Waals surface area contributed by atoms with Crippen LogP contribution in [0.3, 0.4) is 0 Å². The van der Waals surface area contributed by atoms with Crippen molar-refractivity contribution in [2.45, 2.75) is 0 Å². The summed E-state index contributed by atoms with van der Waals surface area (Å²) in [4.78, 5) is 0. The largest absolute Gasteiger partial charge is 0.508 e. The quantitative estimate of drug-likeness (QED) is 0.827. The maximum absolute atomic E-state index is 13.2. The van der Waals surface area contributed by atoms with E-state index in [4.69, 9.17) is 14.6 Å². The zero-order valence-corrected chi connectivity index (χ0v) is 9.67. The van der Waals surface area contributed by atoms with Crippen molar-refractivity contribution in [2.24, 2.45) is 0 Å². The third-order valence-electron chi connectivity index (χ3n) is 2.28. The molecule has 0 atom stereocenters. The second kappa shape index (κ2) is 5.91. The van der Waals surface area contributed by atoms with Crippen molar-refractivity contribution in [1.82, 2.24) is 0 Å². The molecule has 2 rings (SSSR count).